The van der Waals surface area contributed by atoms with Crippen LogP contribution in [0.15, 0.2) is 52.3 Å². The van der Waals surface area contributed by atoms with Crippen LogP contribution in [-0.4, -0.2) is 78.9 Å². The van der Waals surface area contributed by atoms with E-state index in [9.17, 15) is 16.8 Å². The first-order valence-electron chi connectivity index (χ1n) is 11.7. The Kier molecular flexibility index (Phi) is 7.60. The first-order valence-corrected chi connectivity index (χ1v) is 14.6. The van der Waals surface area contributed by atoms with Gasteiger partial charge < -0.3 is 14.4 Å². The highest BCUT2D eigenvalue weighted by Crippen LogP contribution is 2.34. The Balaban J connectivity index is 1.54. The summed E-state index contributed by atoms with van der Waals surface area (Å²) in [7, 11) is -4.26. The van der Waals surface area contributed by atoms with Crippen LogP contribution in [0.1, 0.15) is 19.8 Å². The molecular weight excluding hydrogens is 490 g/mol. The summed E-state index contributed by atoms with van der Waals surface area (Å²) in [5.74, 6) is 1.37. The van der Waals surface area contributed by atoms with Crippen LogP contribution in [0.4, 0.5) is 5.69 Å². The number of hydrogen-bond donors (Lipinski definition) is 0. The lowest BCUT2D eigenvalue weighted by atomic mass is 10.0. The van der Waals surface area contributed by atoms with Crippen molar-refractivity contribution in [3.8, 4) is 11.5 Å². The van der Waals surface area contributed by atoms with Crippen molar-refractivity contribution in [2.75, 3.05) is 58.4 Å². The molecule has 0 bridgehead atoms. The van der Waals surface area contributed by atoms with Gasteiger partial charge in [0, 0.05) is 45.3 Å². The van der Waals surface area contributed by atoms with Gasteiger partial charge >= 0.3 is 0 Å². The number of methoxy groups -OCH3 is 2. The molecule has 0 spiro atoms. The summed E-state index contributed by atoms with van der Waals surface area (Å²) in [5, 5.41) is 0. The average molecular weight is 524 g/mol. The van der Waals surface area contributed by atoms with E-state index in [0.717, 1.165) is 12.8 Å². The maximum Gasteiger partial charge on any atom is 0.243 e. The van der Waals surface area contributed by atoms with E-state index in [1.165, 1.54) is 17.5 Å². The smallest absolute Gasteiger partial charge is 0.243 e. The molecule has 2 saturated heterocycles. The molecule has 4 rings (SSSR count). The van der Waals surface area contributed by atoms with Crippen molar-refractivity contribution < 1.29 is 26.3 Å². The third-order valence-corrected chi connectivity index (χ3v) is 10.4. The topological polar surface area (TPSA) is 96.5 Å². The third kappa shape index (κ3) is 5.28. The molecule has 9 nitrogen and oxygen atoms in total. The highest BCUT2D eigenvalue weighted by Gasteiger charge is 2.32. The minimum atomic E-state index is -3.67. The van der Waals surface area contributed by atoms with Gasteiger partial charge in [-0.25, -0.2) is 16.8 Å². The normalized spacial score (nSPS) is 20.5. The molecule has 2 fully saturated rings. The largest absolute Gasteiger partial charge is 0.497 e. The molecule has 2 heterocycles. The van der Waals surface area contributed by atoms with E-state index in [1.807, 2.05) is 4.90 Å². The van der Waals surface area contributed by atoms with Crippen LogP contribution in [0.3, 0.4) is 0 Å². The van der Waals surface area contributed by atoms with Crippen molar-refractivity contribution in [2.45, 2.75) is 29.6 Å². The molecule has 0 saturated carbocycles. The number of anilines is 1. The van der Waals surface area contributed by atoms with Crippen LogP contribution < -0.4 is 14.4 Å². The van der Waals surface area contributed by atoms with Gasteiger partial charge in [-0.3, -0.25) is 0 Å². The molecule has 0 N–H and O–H groups in total. The highest BCUT2D eigenvalue weighted by molar-refractivity contribution is 7.89. The molecule has 2 aromatic rings. The molecule has 2 aliphatic heterocycles. The molecule has 0 radical (unpaired) electrons. The molecule has 192 valence electrons. The Morgan fingerprint density at radius 1 is 0.800 bits per heavy atom. The van der Waals surface area contributed by atoms with E-state index in [2.05, 4.69) is 6.92 Å². The zero-order valence-corrected chi connectivity index (χ0v) is 22.0. The molecule has 2 aromatic carbocycles. The van der Waals surface area contributed by atoms with E-state index in [4.69, 9.17) is 9.47 Å². The summed E-state index contributed by atoms with van der Waals surface area (Å²) in [5.41, 5.74) is 0.650. The molecule has 0 unspecified atom stereocenters. The number of ether oxygens (including phenoxy) is 2. The van der Waals surface area contributed by atoms with Crippen LogP contribution in [0.25, 0.3) is 0 Å². The second-order valence-corrected chi connectivity index (χ2v) is 12.9. The minimum absolute atomic E-state index is 0.187. The van der Waals surface area contributed by atoms with E-state index in [0.29, 0.717) is 49.3 Å². The molecule has 35 heavy (non-hydrogen) atoms. The van der Waals surface area contributed by atoms with E-state index in [1.54, 1.807) is 47.8 Å². The van der Waals surface area contributed by atoms with E-state index in [-0.39, 0.29) is 22.9 Å². The van der Waals surface area contributed by atoms with Gasteiger partial charge in [0.1, 0.15) is 11.5 Å². The van der Waals surface area contributed by atoms with Crippen LogP contribution >= 0.6 is 0 Å². The van der Waals surface area contributed by atoms with Gasteiger partial charge in [-0.15, -0.1) is 0 Å². The van der Waals surface area contributed by atoms with Crippen LogP contribution in [-0.2, 0) is 20.0 Å². The van der Waals surface area contributed by atoms with Gasteiger partial charge in [0.25, 0.3) is 0 Å². The van der Waals surface area contributed by atoms with Crippen molar-refractivity contribution >= 4 is 25.7 Å². The number of hydrogen-bond acceptors (Lipinski definition) is 7. The lowest BCUT2D eigenvalue weighted by Crippen LogP contribution is -2.48. The van der Waals surface area contributed by atoms with E-state index < -0.39 is 20.0 Å². The van der Waals surface area contributed by atoms with Crippen LogP contribution in [0.5, 0.6) is 11.5 Å². The molecule has 0 aromatic heterocycles. The second-order valence-electron chi connectivity index (χ2n) is 9.01. The molecule has 2 aliphatic rings. The number of benzene rings is 2. The fourth-order valence-electron chi connectivity index (χ4n) is 4.67. The maximum atomic E-state index is 13.3. The lowest BCUT2D eigenvalue weighted by molar-refractivity contribution is 0.281. The predicted octanol–water partition coefficient (Wildman–Crippen LogP) is 2.64. The van der Waals surface area contributed by atoms with E-state index >= 15 is 0 Å². The van der Waals surface area contributed by atoms with Crippen LogP contribution in [0.2, 0.25) is 0 Å². The third-order valence-electron chi connectivity index (χ3n) is 6.67. The summed E-state index contributed by atoms with van der Waals surface area (Å²) in [4.78, 5) is 2.40. The zero-order chi connectivity index (χ0) is 25.2. The number of piperidine rings is 1. The first kappa shape index (κ1) is 25.7. The van der Waals surface area contributed by atoms with Gasteiger partial charge in [0.2, 0.25) is 20.0 Å². The van der Waals surface area contributed by atoms with Gasteiger partial charge in [-0.05, 0) is 49.1 Å². The van der Waals surface area contributed by atoms with Gasteiger partial charge in [0.05, 0.1) is 29.7 Å². The van der Waals surface area contributed by atoms with Crippen molar-refractivity contribution in [1.82, 2.24) is 8.61 Å². The first-order chi connectivity index (χ1) is 16.7. The number of rotatable bonds is 7. The van der Waals surface area contributed by atoms with Crippen molar-refractivity contribution in [2.24, 2.45) is 5.92 Å². The number of sulfonamides is 2. The Hall–Kier alpha value is -2.34. The Labute approximate surface area is 208 Å². The summed E-state index contributed by atoms with van der Waals surface area (Å²) >= 11 is 0. The second kappa shape index (κ2) is 10.3. The molecular formula is C24H33N3O6S2. The fraction of sp³-hybridized carbons (Fsp3) is 0.500. The maximum absolute atomic E-state index is 13.3. The number of nitrogens with zero attached hydrogens (tertiary/aromatic N) is 3. The minimum Gasteiger partial charge on any atom is -0.497 e. The Morgan fingerprint density at radius 2 is 1.49 bits per heavy atom. The highest BCUT2D eigenvalue weighted by atomic mass is 32.2. The monoisotopic (exact) mass is 523 g/mol. The van der Waals surface area contributed by atoms with Gasteiger partial charge in [-0.1, -0.05) is 13.0 Å². The van der Waals surface area contributed by atoms with Crippen molar-refractivity contribution in [3.05, 3.63) is 42.5 Å². The summed E-state index contributed by atoms with van der Waals surface area (Å²) in [6.45, 7) is 4.46. The van der Waals surface area contributed by atoms with Crippen molar-refractivity contribution in [3.63, 3.8) is 0 Å². The number of piperazine rings is 1. The Bertz CT molecular complexity index is 1260. The SMILES string of the molecule is COc1cccc(S(=O)(=O)N2CCN(c3cc(S(=O)(=O)N4CCC[C@H](C)C4)ccc3OC)CC2)c1. The molecule has 0 amide bonds. The zero-order valence-electron chi connectivity index (χ0n) is 20.4. The van der Waals surface area contributed by atoms with Gasteiger partial charge in [-0.2, -0.15) is 8.61 Å². The Morgan fingerprint density at radius 3 is 2.14 bits per heavy atom. The van der Waals surface area contributed by atoms with Gasteiger partial charge in [0.15, 0.2) is 0 Å². The predicted molar refractivity (Wildman–Crippen MR) is 134 cm³/mol. The molecule has 11 heteroatoms. The quantitative estimate of drug-likeness (QED) is 0.550. The molecule has 0 aliphatic carbocycles. The van der Waals surface area contributed by atoms with Crippen LogP contribution in [0, 0.1) is 5.92 Å². The summed E-state index contributed by atoms with van der Waals surface area (Å²) < 4.78 is 66.7. The van der Waals surface area contributed by atoms with Crippen molar-refractivity contribution in [1.29, 1.82) is 0 Å². The average Bonchev–Trinajstić information content (AvgIpc) is 2.88. The summed E-state index contributed by atoms with van der Waals surface area (Å²) in [6, 6.07) is 11.3. The fourth-order valence-corrected chi connectivity index (χ4v) is 7.75. The lowest BCUT2D eigenvalue weighted by Gasteiger charge is -2.36. The molecule has 1 atom stereocenters. The summed E-state index contributed by atoms with van der Waals surface area (Å²) in [6.07, 6.45) is 1.88. The standard InChI is InChI=1S/C24H33N3O6S2/c1-19-6-5-11-27(18-19)35(30,31)22-9-10-24(33-3)23(17-22)25-12-14-26(15-13-25)34(28,29)21-8-4-7-20(16-21)32-2/h4,7-10,16-17,19H,5-6,11-15,18H2,1-3H3/t19-/m0/s1.